The van der Waals surface area contributed by atoms with Gasteiger partial charge in [0.1, 0.15) is 9.88 Å². The van der Waals surface area contributed by atoms with Crippen LogP contribution in [0.25, 0.3) is 10.6 Å². The van der Waals surface area contributed by atoms with Gasteiger partial charge in [0.05, 0.1) is 11.6 Å². The summed E-state index contributed by atoms with van der Waals surface area (Å²) >= 11 is 1.40. The summed E-state index contributed by atoms with van der Waals surface area (Å²) in [6.45, 7) is 3.06. The largest absolute Gasteiger partial charge is 0.353 e. The molecule has 4 rings (SSSR count). The lowest BCUT2D eigenvalue weighted by Gasteiger charge is -2.31. The molecule has 7 heteroatoms. The van der Waals surface area contributed by atoms with E-state index in [1.165, 1.54) is 11.3 Å². The minimum atomic E-state index is -0.0979. The molecule has 1 aliphatic heterocycles. The van der Waals surface area contributed by atoms with E-state index in [2.05, 4.69) is 15.3 Å². The second kappa shape index (κ2) is 7.15. The Balaban J connectivity index is 1.48. The first-order valence-corrected chi connectivity index (χ1v) is 9.91. The van der Waals surface area contributed by atoms with Crippen LogP contribution in [-0.4, -0.2) is 45.8 Å². The Kier molecular flexibility index (Phi) is 4.72. The van der Waals surface area contributed by atoms with Gasteiger partial charge in [0.2, 0.25) is 5.91 Å². The summed E-state index contributed by atoms with van der Waals surface area (Å²) in [4.78, 5) is 36.5. The Bertz CT molecular complexity index is 816. The van der Waals surface area contributed by atoms with Crippen LogP contribution in [0.15, 0.2) is 24.5 Å². The van der Waals surface area contributed by atoms with E-state index in [1.54, 1.807) is 12.4 Å². The highest BCUT2D eigenvalue weighted by Gasteiger charge is 2.33. The molecule has 2 aliphatic rings. The van der Waals surface area contributed by atoms with Crippen molar-refractivity contribution >= 4 is 23.2 Å². The minimum Gasteiger partial charge on any atom is -0.353 e. The smallest absolute Gasteiger partial charge is 0.265 e. The third kappa shape index (κ3) is 3.62. The first-order valence-electron chi connectivity index (χ1n) is 9.09. The van der Waals surface area contributed by atoms with E-state index in [0.29, 0.717) is 24.0 Å². The second-order valence-corrected chi connectivity index (χ2v) is 8.05. The van der Waals surface area contributed by atoms with Gasteiger partial charge < -0.3 is 10.2 Å². The number of aryl methyl sites for hydroxylation is 1. The minimum absolute atomic E-state index is 0.0148. The molecular weight excluding hydrogens is 348 g/mol. The number of hydrogen-bond donors (Lipinski definition) is 1. The van der Waals surface area contributed by atoms with Gasteiger partial charge in [0.25, 0.3) is 5.91 Å². The van der Waals surface area contributed by atoms with Gasteiger partial charge in [0, 0.05) is 37.1 Å². The van der Waals surface area contributed by atoms with E-state index in [-0.39, 0.29) is 17.7 Å². The summed E-state index contributed by atoms with van der Waals surface area (Å²) in [5, 5.41) is 3.87. The Labute approximate surface area is 156 Å². The lowest BCUT2D eigenvalue weighted by molar-refractivity contribution is -0.126. The van der Waals surface area contributed by atoms with Gasteiger partial charge in [-0.3, -0.25) is 14.6 Å². The summed E-state index contributed by atoms with van der Waals surface area (Å²) in [7, 11) is 0. The van der Waals surface area contributed by atoms with Crippen LogP contribution >= 0.6 is 11.3 Å². The maximum Gasteiger partial charge on any atom is 0.265 e. The molecule has 2 fully saturated rings. The normalized spacial score (nSPS) is 20.0. The number of likely N-dealkylation sites (tertiary alicyclic amines) is 1. The number of piperidine rings is 1. The van der Waals surface area contributed by atoms with Crippen LogP contribution in [0, 0.1) is 12.8 Å². The third-order valence-corrected chi connectivity index (χ3v) is 6.10. The van der Waals surface area contributed by atoms with Crippen molar-refractivity contribution in [2.45, 2.75) is 38.6 Å². The topological polar surface area (TPSA) is 75.2 Å². The van der Waals surface area contributed by atoms with Crippen LogP contribution in [0.4, 0.5) is 0 Å². The lowest BCUT2D eigenvalue weighted by Crippen LogP contribution is -2.45. The Morgan fingerprint density at radius 3 is 2.88 bits per heavy atom. The van der Waals surface area contributed by atoms with Crippen molar-refractivity contribution in [2.75, 3.05) is 13.1 Å². The summed E-state index contributed by atoms with van der Waals surface area (Å²) in [5.74, 6) is -0.0135. The van der Waals surface area contributed by atoms with Crippen molar-refractivity contribution in [1.29, 1.82) is 0 Å². The fourth-order valence-electron chi connectivity index (χ4n) is 3.27. The van der Waals surface area contributed by atoms with Crippen molar-refractivity contribution in [3.8, 4) is 10.6 Å². The van der Waals surface area contributed by atoms with Gasteiger partial charge in [-0.25, -0.2) is 4.98 Å². The fourth-order valence-corrected chi connectivity index (χ4v) is 4.30. The summed E-state index contributed by atoms with van der Waals surface area (Å²) in [5.41, 5.74) is 1.66. The quantitative estimate of drug-likeness (QED) is 0.898. The maximum absolute atomic E-state index is 13.0. The SMILES string of the molecule is Cc1nc(-c2cccnc2)sc1C(=O)N1CCCC(C(=O)NC2CC2)C1. The Morgan fingerprint density at radius 2 is 2.15 bits per heavy atom. The van der Waals surface area contributed by atoms with Crippen molar-refractivity contribution in [1.82, 2.24) is 20.2 Å². The zero-order valence-electron chi connectivity index (χ0n) is 14.8. The van der Waals surface area contributed by atoms with E-state index in [0.717, 1.165) is 41.9 Å². The molecule has 1 saturated heterocycles. The molecule has 26 heavy (non-hydrogen) atoms. The fraction of sp³-hybridized carbons (Fsp3) is 0.474. The van der Waals surface area contributed by atoms with E-state index >= 15 is 0 Å². The molecule has 2 amide bonds. The van der Waals surface area contributed by atoms with Gasteiger partial charge in [-0.15, -0.1) is 11.3 Å². The van der Waals surface area contributed by atoms with Crippen molar-refractivity contribution in [2.24, 2.45) is 5.92 Å². The second-order valence-electron chi connectivity index (χ2n) is 7.05. The van der Waals surface area contributed by atoms with E-state index in [1.807, 2.05) is 24.0 Å². The number of hydrogen-bond acceptors (Lipinski definition) is 5. The molecule has 0 aromatic carbocycles. The number of carbonyl (C=O) groups is 2. The molecule has 1 N–H and O–H groups in total. The molecule has 0 bridgehead atoms. The summed E-state index contributed by atoms with van der Waals surface area (Å²) in [6.07, 6.45) is 7.35. The molecule has 2 aromatic heterocycles. The van der Waals surface area contributed by atoms with Gasteiger partial charge in [0.15, 0.2) is 0 Å². The van der Waals surface area contributed by atoms with Gasteiger partial charge in [-0.05, 0) is 44.7 Å². The molecule has 2 aromatic rings. The van der Waals surface area contributed by atoms with E-state index < -0.39 is 0 Å². The maximum atomic E-state index is 13.0. The standard InChI is InChI=1S/C19H22N4O2S/c1-12-16(26-18(21-12)13-4-2-8-20-10-13)19(25)23-9-3-5-14(11-23)17(24)22-15-6-7-15/h2,4,8,10,14-15H,3,5-7,9,11H2,1H3,(H,22,24). The van der Waals surface area contributed by atoms with Crippen LogP contribution in [0.1, 0.15) is 41.0 Å². The highest BCUT2D eigenvalue weighted by Crippen LogP contribution is 2.30. The molecule has 136 valence electrons. The molecule has 1 saturated carbocycles. The van der Waals surface area contributed by atoms with Gasteiger partial charge >= 0.3 is 0 Å². The number of nitrogens with zero attached hydrogens (tertiary/aromatic N) is 3. The van der Waals surface area contributed by atoms with Crippen LogP contribution in [0.5, 0.6) is 0 Å². The Hall–Kier alpha value is -2.28. The molecule has 0 spiro atoms. The predicted molar refractivity (Wildman–Crippen MR) is 99.9 cm³/mol. The highest BCUT2D eigenvalue weighted by atomic mass is 32.1. The van der Waals surface area contributed by atoms with Crippen molar-refractivity contribution in [3.05, 3.63) is 35.1 Å². The molecule has 6 nitrogen and oxygen atoms in total. The number of rotatable bonds is 4. The van der Waals surface area contributed by atoms with Crippen LogP contribution in [-0.2, 0) is 4.79 Å². The number of carbonyl (C=O) groups excluding carboxylic acids is 2. The van der Waals surface area contributed by atoms with Crippen molar-refractivity contribution in [3.63, 3.8) is 0 Å². The number of nitrogens with one attached hydrogen (secondary N) is 1. The van der Waals surface area contributed by atoms with Crippen molar-refractivity contribution < 1.29 is 9.59 Å². The molecule has 1 unspecified atom stereocenters. The monoisotopic (exact) mass is 370 g/mol. The van der Waals surface area contributed by atoms with Crippen LogP contribution in [0.2, 0.25) is 0 Å². The number of amides is 2. The number of thiazole rings is 1. The zero-order valence-corrected chi connectivity index (χ0v) is 15.6. The summed E-state index contributed by atoms with van der Waals surface area (Å²) < 4.78 is 0. The average Bonchev–Trinajstić information content (AvgIpc) is 3.40. The molecule has 1 atom stereocenters. The first kappa shape index (κ1) is 17.1. The van der Waals surface area contributed by atoms with E-state index in [9.17, 15) is 9.59 Å². The summed E-state index contributed by atoms with van der Waals surface area (Å²) in [6, 6.07) is 4.17. The molecule has 3 heterocycles. The average molecular weight is 370 g/mol. The highest BCUT2D eigenvalue weighted by molar-refractivity contribution is 7.17. The third-order valence-electron chi connectivity index (χ3n) is 4.90. The van der Waals surface area contributed by atoms with Crippen LogP contribution < -0.4 is 5.32 Å². The van der Waals surface area contributed by atoms with Gasteiger partial charge in [-0.1, -0.05) is 0 Å². The number of aromatic nitrogens is 2. The lowest BCUT2D eigenvalue weighted by atomic mass is 9.97. The molecule has 0 radical (unpaired) electrons. The first-order chi connectivity index (χ1) is 12.6. The molecule has 1 aliphatic carbocycles. The van der Waals surface area contributed by atoms with E-state index in [4.69, 9.17) is 0 Å². The zero-order chi connectivity index (χ0) is 18.1. The Morgan fingerprint density at radius 1 is 1.31 bits per heavy atom. The number of pyridine rings is 1. The van der Waals surface area contributed by atoms with Gasteiger partial charge in [-0.2, -0.15) is 0 Å². The molecular formula is C19H22N4O2S. The van der Waals surface area contributed by atoms with Crippen LogP contribution in [0.3, 0.4) is 0 Å². The predicted octanol–water partition coefficient (Wildman–Crippen LogP) is 2.64.